The van der Waals surface area contributed by atoms with E-state index in [1.165, 1.54) is 11.3 Å². The quantitative estimate of drug-likeness (QED) is 0.857. The first kappa shape index (κ1) is 13.0. The van der Waals surface area contributed by atoms with Gasteiger partial charge in [0, 0.05) is 17.0 Å². The Hall–Kier alpha value is -0.430. The van der Waals surface area contributed by atoms with Crippen LogP contribution in [0.2, 0.25) is 0 Å². The minimum absolute atomic E-state index is 0.208. The van der Waals surface area contributed by atoms with Gasteiger partial charge in [0.05, 0.1) is 0 Å². The van der Waals surface area contributed by atoms with Gasteiger partial charge < -0.3 is 5.32 Å². The molecular formula is C11H18N2O2S2. The van der Waals surface area contributed by atoms with Gasteiger partial charge in [-0.25, -0.2) is 13.1 Å². The molecule has 1 aromatic rings. The Balaban J connectivity index is 2.24. The Bertz CT molecular complexity index is 516. The fourth-order valence-electron chi connectivity index (χ4n) is 1.62. The molecule has 0 atom stereocenters. The molecule has 0 aliphatic heterocycles. The lowest BCUT2D eigenvalue weighted by Crippen LogP contribution is -2.33. The summed E-state index contributed by atoms with van der Waals surface area (Å²) in [6.45, 7) is 4.60. The zero-order valence-corrected chi connectivity index (χ0v) is 12.0. The van der Waals surface area contributed by atoms with Crippen LogP contribution in [0.3, 0.4) is 0 Å². The van der Waals surface area contributed by atoms with Crippen LogP contribution in [0.25, 0.3) is 0 Å². The van der Waals surface area contributed by atoms with Gasteiger partial charge in [-0.05, 0) is 45.4 Å². The van der Waals surface area contributed by atoms with Crippen molar-refractivity contribution in [2.75, 3.05) is 7.05 Å². The molecule has 1 aliphatic rings. The fourth-order valence-corrected chi connectivity index (χ4v) is 4.69. The molecule has 2 rings (SSSR count). The summed E-state index contributed by atoms with van der Waals surface area (Å²) in [6, 6.07) is 1.76. The molecule has 6 heteroatoms. The minimum Gasteiger partial charge on any atom is -0.315 e. The number of thiophene rings is 1. The molecule has 0 unspecified atom stereocenters. The first-order valence-electron chi connectivity index (χ1n) is 5.64. The van der Waals surface area contributed by atoms with Crippen molar-refractivity contribution in [1.82, 2.24) is 10.0 Å². The van der Waals surface area contributed by atoms with E-state index in [2.05, 4.69) is 10.0 Å². The van der Waals surface area contributed by atoms with Crippen molar-refractivity contribution in [3.05, 3.63) is 16.5 Å². The van der Waals surface area contributed by atoms with E-state index in [-0.39, 0.29) is 5.54 Å². The van der Waals surface area contributed by atoms with Crippen LogP contribution < -0.4 is 10.0 Å². The van der Waals surface area contributed by atoms with Crippen LogP contribution in [-0.2, 0) is 16.6 Å². The Morgan fingerprint density at radius 1 is 1.47 bits per heavy atom. The van der Waals surface area contributed by atoms with Crippen LogP contribution in [-0.4, -0.2) is 21.0 Å². The molecule has 4 nitrogen and oxygen atoms in total. The van der Waals surface area contributed by atoms with Gasteiger partial charge in [0.25, 0.3) is 10.0 Å². The zero-order chi connectivity index (χ0) is 12.7. The monoisotopic (exact) mass is 274 g/mol. The van der Waals surface area contributed by atoms with Gasteiger partial charge in [-0.15, -0.1) is 11.3 Å². The van der Waals surface area contributed by atoms with E-state index in [0.29, 0.717) is 10.8 Å². The Morgan fingerprint density at radius 2 is 2.12 bits per heavy atom. The number of hydrogen-bond donors (Lipinski definition) is 2. The first-order chi connectivity index (χ1) is 7.86. The molecule has 1 fully saturated rings. The molecule has 0 saturated heterocycles. The Morgan fingerprint density at radius 3 is 2.65 bits per heavy atom. The largest absolute Gasteiger partial charge is 0.315 e. The summed E-state index contributed by atoms with van der Waals surface area (Å²) in [4.78, 5) is 1.08. The van der Waals surface area contributed by atoms with Crippen molar-refractivity contribution in [2.24, 2.45) is 0 Å². The number of aryl methyl sites for hydroxylation is 1. The van der Waals surface area contributed by atoms with E-state index in [1.54, 1.807) is 6.07 Å². The SMILES string of the molecule is CNCc1sc(S(=O)(=O)NC2(C)CC2)cc1C. The van der Waals surface area contributed by atoms with Crippen LogP contribution in [0.5, 0.6) is 0 Å². The zero-order valence-electron chi connectivity index (χ0n) is 10.3. The predicted octanol–water partition coefficient (Wildman–Crippen LogP) is 1.61. The molecule has 1 heterocycles. The molecule has 1 aromatic heterocycles. The fraction of sp³-hybridized carbons (Fsp3) is 0.636. The topological polar surface area (TPSA) is 58.2 Å². The normalized spacial score (nSPS) is 18.3. The standard InChI is InChI=1S/C11H18N2O2S2/c1-8-6-10(16-9(8)7-12-3)17(14,15)13-11(2)4-5-11/h6,12-13H,4-5,7H2,1-3H3. The van der Waals surface area contributed by atoms with E-state index >= 15 is 0 Å². The highest BCUT2D eigenvalue weighted by molar-refractivity contribution is 7.91. The third-order valence-electron chi connectivity index (χ3n) is 2.98. The maximum absolute atomic E-state index is 12.1. The maximum atomic E-state index is 12.1. The first-order valence-corrected chi connectivity index (χ1v) is 7.94. The Kier molecular flexibility index (Phi) is 3.33. The van der Waals surface area contributed by atoms with Gasteiger partial charge in [-0.1, -0.05) is 0 Å². The van der Waals surface area contributed by atoms with Crippen LogP contribution in [0.1, 0.15) is 30.2 Å². The van der Waals surface area contributed by atoms with Gasteiger partial charge in [0.2, 0.25) is 0 Å². The van der Waals surface area contributed by atoms with Crippen molar-refractivity contribution >= 4 is 21.4 Å². The second-order valence-corrected chi connectivity index (χ2v) is 7.91. The van der Waals surface area contributed by atoms with E-state index < -0.39 is 10.0 Å². The number of sulfonamides is 1. The number of rotatable bonds is 5. The van der Waals surface area contributed by atoms with Gasteiger partial charge >= 0.3 is 0 Å². The van der Waals surface area contributed by atoms with Gasteiger partial charge in [0.15, 0.2) is 0 Å². The van der Waals surface area contributed by atoms with Crippen LogP contribution in [0.15, 0.2) is 10.3 Å². The van der Waals surface area contributed by atoms with Crippen molar-refractivity contribution in [3.8, 4) is 0 Å². The summed E-state index contributed by atoms with van der Waals surface area (Å²) in [6.07, 6.45) is 1.86. The van der Waals surface area contributed by atoms with Crippen molar-refractivity contribution in [1.29, 1.82) is 0 Å². The number of hydrogen-bond acceptors (Lipinski definition) is 4. The number of nitrogens with one attached hydrogen (secondary N) is 2. The summed E-state index contributed by atoms with van der Waals surface area (Å²) < 4.78 is 27.5. The van der Waals surface area contributed by atoms with Crippen LogP contribution >= 0.6 is 11.3 Å². The average Bonchev–Trinajstić information content (AvgIpc) is 2.79. The molecular weight excluding hydrogens is 256 g/mol. The lowest BCUT2D eigenvalue weighted by Gasteiger charge is -2.10. The summed E-state index contributed by atoms with van der Waals surface area (Å²) in [7, 11) is -1.48. The van der Waals surface area contributed by atoms with Crippen molar-refractivity contribution in [3.63, 3.8) is 0 Å². The summed E-state index contributed by atoms with van der Waals surface area (Å²) in [5.74, 6) is 0. The second-order valence-electron chi connectivity index (χ2n) is 4.87. The van der Waals surface area contributed by atoms with Gasteiger partial charge in [-0.3, -0.25) is 0 Å². The molecule has 17 heavy (non-hydrogen) atoms. The molecule has 2 N–H and O–H groups in total. The smallest absolute Gasteiger partial charge is 0.250 e. The third-order valence-corrected chi connectivity index (χ3v) is 6.33. The summed E-state index contributed by atoms with van der Waals surface area (Å²) >= 11 is 1.35. The molecule has 0 amide bonds. The van der Waals surface area contributed by atoms with E-state index in [9.17, 15) is 8.42 Å². The van der Waals surface area contributed by atoms with E-state index in [1.807, 2.05) is 20.9 Å². The van der Waals surface area contributed by atoms with Gasteiger partial charge in [-0.2, -0.15) is 0 Å². The minimum atomic E-state index is -3.33. The van der Waals surface area contributed by atoms with Crippen LogP contribution in [0, 0.1) is 6.92 Å². The van der Waals surface area contributed by atoms with Gasteiger partial charge in [0.1, 0.15) is 4.21 Å². The lowest BCUT2D eigenvalue weighted by atomic mass is 10.3. The Labute approximate surface area is 106 Å². The highest BCUT2D eigenvalue weighted by atomic mass is 32.2. The third kappa shape index (κ3) is 2.88. The summed E-state index contributed by atoms with van der Waals surface area (Å²) in [5, 5.41) is 3.05. The lowest BCUT2D eigenvalue weighted by molar-refractivity contribution is 0.560. The molecule has 0 aromatic carbocycles. The molecule has 1 aliphatic carbocycles. The highest BCUT2D eigenvalue weighted by Crippen LogP contribution is 2.37. The highest BCUT2D eigenvalue weighted by Gasteiger charge is 2.41. The predicted molar refractivity (Wildman–Crippen MR) is 69.8 cm³/mol. The molecule has 0 radical (unpaired) electrons. The van der Waals surface area contributed by atoms with Crippen LogP contribution in [0.4, 0.5) is 0 Å². The van der Waals surface area contributed by atoms with Crippen molar-refractivity contribution in [2.45, 2.75) is 43.0 Å². The molecule has 0 spiro atoms. The molecule has 96 valence electrons. The molecule has 1 saturated carbocycles. The van der Waals surface area contributed by atoms with Crippen molar-refractivity contribution < 1.29 is 8.42 Å². The second kappa shape index (κ2) is 4.35. The average molecular weight is 274 g/mol. The molecule has 0 bridgehead atoms. The van der Waals surface area contributed by atoms with E-state index in [4.69, 9.17) is 0 Å². The van der Waals surface area contributed by atoms with E-state index in [0.717, 1.165) is 23.3 Å². The maximum Gasteiger partial charge on any atom is 0.250 e. The summed E-state index contributed by atoms with van der Waals surface area (Å²) in [5.41, 5.74) is 0.825.